The number of aliphatic hydroxyl groups is 1. The van der Waals surface area contributed by atoms with Crippen LogP contribution in [0, 0.1) is 0 Å². The monoisotopic (exact) mass is 276 g/mol. The summed E-state index contributed by atoms with van der Waals surface area (Å²) in [6.07, 6.45) is -2.83. The fraction of sp³-hybridized carbons (Fsp3) is 0.583. The van der Waals surface area contributed by atoms with Crippen molar-refractivity contribution in [2.45, 2.75) is 24.7 Å². The first-order chi connectivity index (χ1) is 8.95. The Bertz CT molecular complexity index is 439. The van der Waals surface area contributed by atoms with E-state index in [-0.39, 0.29) is 18.8 Å². The Hall–Kier alpha value is -1.34. The molecule has 1 aromatic rings. The van der Waals surface area contributed by atoms with Gasteiger partial charge in [-0.05, 0) is 18.6 Å². The molecule has 2 rings (SSSR count). The number of hydrogen-bond donors (Lipinski definition) is 1. The Labute approximate surface area is 108 Å². The van der Waals surface area contributed by atoms with Gasteiger partial charge in [0.05, 0.1) is 18.8 Å². The fourth-order valence-electron chi connectivity index (χ4n) is 2.29. The average molecular weight is 276 g/mol. The molecule has 0 aromatic carbocycles. The first-order valence-corrected chi connectivity index (χ1v) is 5.89. The molecule has 1 aliphatic heterocycles. The molecule has 2 heterocycles. The number of methoxy groups -OCH3 is 1. The van der Waals surface area contributed by atoms with Gasteiger partial charge in [-0.15, -0.1) is 0 Å². The second kappa shape index (κ2) is 5.34. The summed E-state index contributed by atoms with van der Waals surface area (Å²) in [4.78, 5) is 5.05. The van der Waals surface area contributed by atoms with E-state index < -0.39 is 11.9 Å². The highest BCUT2D eigenvalue weighted by molar-refractivity contribution is 5.49. The normalized spacial score (nSPS) is 23.9. The minimum Gasteiger partial charge on any atom is -0.394 e. The second-order valence-electron chi connectivity index (χ2n) is 4.48. The van der Waals surface area contributed by atoms with Crippen LogP contribution >= 0.6 is 0 Å². The molecule has 0 spiro atoms. The average Bonchev–Trinajstić information content (AvgIpc) is 2.81. The van der Waals surface area contributed by atoms with Crippen molar-refractivity contribution >= 4 is 5.69 Å². The highest BCUT2D eigenvalue weighted by Gasteiger charge is 2.35. The maximum absolute atomic E-state index is 12.6. The van der Waals surface area contributed by atoms with Gasteiger partial charge in [0.2, 0.25) is 0 Å². The Balaban J connectivity index is 2.26. The summed E-state index contributed by atoms with van der Waals surface area (Å²) in [5, 5.41) is 9.31. The van der Waals surface area contributed by atoms with E-state index in [9.17, 15) is 18.3 Å². The zero-order valence-electron chi connectivity index (χ0n) is 10.4. The molecule has 1 aliphatic rings. The third kappa shape index (κ3) is 2.98. The molecule has 2 atom stereocenters. The van der Waals surface area contributed by atoms with Crippen LogP contribution in [0.25, 0.3) is 0 Å². The van der Waals surface area contributed by atoms with E-state index >= 15 is 0 Å². The minimum absolute atomic E-state index is 0.0837. The summed E-state index contributed by atoms with van der Waals surface area (Å²) < 4.78 is 43.1. The molecule has 0 amide bonds. The first kappa shape index (κ1) is 14.1. The smallest absolute Gasteiger partial charge is 0.394 e. The van der Waals surface area contributed by atoms with Crippen LogP contribution in [0.1, 0.15) is 12.1 Å². The van der Waals surface area contributed by atoms with Gasteiger partial charge in [0.15, 0.2) is 0 Å². The Morgan fingerprint density at radius 2 is 2.26 bits per heavy atom. The van der Waals surface area contributed by atoms with Crippen molar-refractivity contribution in [1.82, 2.24) is 4.98 Å². The zero-order valence-corrected chi connectivity index (χ0v) is 10.4. The van der Waals surface area contributed by atoms with Gasteiger partial charge in [-0.3, -0.25) is 4.98 Å². The van der Waals surface area contributed by atoms with E-state index in [1.807, 2.05) is 0 Å². The summed E-state index contributed by atoms with van der Waals surface area (Å²) in [6, 6.07) is 2.28. The van der Waals surface area contributed by atoms with Crippen LogP contribution in [0.4, 0.5) is 18.9 Å². The second-order valence-corrected chi connectivity index (χ2v) is 4.48. The number of aromatic nitrogens is 1. The van der Waals surface area contributed by atoms with Crippen molar-refractivity contribution in [3.8, 4) is 0 Å². The highest BCUT2D eigenvalue weighted by Crippen LogP contribution is 2.32. The summed E-state index contributed by atoms with van der Waals surface area (Å²) in [6.45, 7) is 0.340. The molecule has 0 bridgehead atoms. The number of anilines is 1. The maximum atomic E-state index is 12.6. The third-order valence-corrected chi connectivity index (χ3v) is 3.29. The SMILES string of the molecule is CO[C@@H]1C[C@@H](CO)N(c2ccnc(C(F)(F)F)c2)C1. The molecule has 0 radical (unpaired) electrons. The maximum Gasteiger partial charge on any atom is 0.433 e. The van der Waals surface area contributed by atoms with Crippen LogP contribution in [-0.4, -0.2) is 42.5 Å². The lowest BCUT2D eigenvalue weighted by atomic mass is 10.2. The van der Waals surface area contributed by atoms with Crippen LogP contribution in [0.3, 0.4) is 0 Å². The van der Waals surface area contributed by atoms with Crippen molar-refractivity contribution in [1.29, 1.82) is 0 Å². The molecule has 1 aromatic heterocycles. The number of hydrogen-bond acceptors (Lipinski definition) is 4. The summed E-state index contributed by atoms with van der Waals surface area (Å²) >= 11 is 0. The summed E-state index contributed by atoms with van der Waals surface area (Å²) in [5.74, 6) is 0. The predicted octanol–water partition coefficient (Wildman–Crippen LogP) is 1.69. The molecule has 4 nitrogen and oxygen atoms in total. The van der Waals surface area contributed by atoms with Gasteiger partial charge < -0.3 is 14.7 Å². The van der Waals surface area contributed by atoms with E-state index in [1.165, 1.54) is 6.07 Å². The Morgan fingerprint density at radius 3 is 2.84 bits per heavy atom. The standard InChI is InChI=1S/C12H15F3N2O2/c1-19-10-4-9(7-18)17(6-10)8-2-3-16-11(5-8)12(13,14)15/h2-3,5,9-10,18H,4,6-7H2,1H3/t9-,10+/m0/s1. The van der Waals surface area contributed by atoms with Crippen LogP contribution < -0.4 is 4.90 Å². The van der Waals surface area contributed by atoms with Crippen molar-refractivity contribution in [3.63, 3.8) is 0 Å². The molecule has 0 unspecified atom stereocenters. The lowest BCUT2D eigenvalue weighted by molar-refractivity contribution is -0.141. The summed E-state index contributed by atoms with van der Waals surface area (Å²) in [7, 11) is 1.55. The van der Waals surface area contributed by atoms with Gasteiger partial charge in [0.25, 0.3) is 0 Å². The fourth-order valence-corrected chi connectivity index (χ4v) is 2.29. The summed E-state index contributed by atoms with van der Waals surface area (Å²) in [5.41, 5.74) is -0.525. The lowest BCUT2D eigenvalue weighted by Crippen LogP contribution is -2.32. The number of halogens is 3. The largest absolute Gasteiger partial charge is 0.433 e. The molecule has 1 saturated heterocycles. The van der Waals surface area contributed by atoms with Crippen molar-refractivity contribution in [2.24, 2.45) is 0 Å². The molecular formula is C12H15F3N2O2. The molecular weight excluding hydrogens is 261 g/mol. The highest BCUT2D eigenvalue weighted by atomic mass is 19.4. The predicted molar refractivity (Wildman–Crippen MR) is 62.9 cm³/mol. The van der Waals surface area contributed by atoms with Gasteiger partial charge in [0, 0.05) is 25.5 Å². The minimum atomic E-state index is -4.47. The first-order valence-electron chi connectivity index (χ1n) is 5.89. The topological polar surface area (TPSA) is 45.6 Å². The van der Waals surface area contributed by atoms with E-state index in [2.05, 4.69) is 4.98 Å². The van der Waals surface area contributed by atoms with Crippen molar-refractivity contribution < 1.29 is 23.0 Å². The number of aliphatic hydroxyl groups excluding tert-OH is 1. The zero-order chi connectivity index (χ0) is 14.0. The number of rotatable bonds is 3. The lowest BCUT2D eigenvalue weighted by Gasteiger charge is -2.25. The molecule has 1 N–H and O–H groups in total. The van der Waals surface area contributed by atoms with E-state index in [0.717, 1.165) is 12.3 Å². The molecule has 7 heteroatoms. The van der Waals surface area contributed by atoms with Gasteiger partial charge in [-0.25, -0.2) is 0 Å². The number of ether oxygens (including phenoxy) is 1. The number of pyridine rings is 1. The van der Waals surface area contributed by atoms with Gasteiger partial charge in [-0.1, -0.05) is 0 Å². The van der Waals surface area contributed by atoms with Crippen LogP contribution in [0.2, 0.25) is 0 Å². The number of nitrogens with zero attached hydrogens (tertiary/aromatic N) is 2. The van der Waals surface area contributed by atoms with E-state index in [4.69, 9.17) is 4.74 Å². The molecule has 0 aliphatic carbocycles. The Kier molecular flexibility index (Phi) is 3.96. The van der Waals surface area contributed by atoms with Crippen LogP contribution in [0.5, 0.6) is 0 Å². The molecule has 19 heavy (non-hydrogen) atoms. The molecule has 0 saturated carbocycles. The van der Waals surface area contributed by atoms with Crippen molar-refractivity contribution in [2.75, 3.05) is 25.2 Å². The van der Waals surface area contributed by atoms with Crippen LogP contribution in [0.15, 0.2) is 18.3 Å². The number of alkyl halides is 3. The molecule has 1 fully saturated rings. The molecule has 106 valence electrons. The third-order valence-electron chi connectivity index (χ3n) is 3.29. The Morgan fingerprint density at radius 1 is 1.53 bits per heavy atom. The van der Waals surface area contributed by atoms with Crippen LogP contribution in [-0.2, 0) is 10.9 Å². The van der Waals surface area contributed by atoms with Gasteiger partial charge in [0.1, 0.15) is 5.69 Å². The quantitative estimate of drug-likeness (QED) is 0.912. The van der Waals surface area contributed by atoms with Gasteiger partial charge in [-0.2, -0.15) is 13.2 Å². The van der Waals surface area contributed by atoms with Crippen molar-refractivity contribution in [3.05, 3.63) is 24.0 Å². The van der Waals surface area contributed by atoms with Gasteiger partial charge >= 0.3 is 6.18 Å². The van der Waals surface area contributed by atoms with E-state index in [0.29, 0.717) is 18.7 Å². The van der Waals surface area contributed by atoms with E-state index in [1.54, 1.807) is 12.0 Å².